The minimum absolute atomic E-state index is 0.220. The van der Waals surface area contributed by atoms with Crippen molar-refractivity contribution in [3.63, 3.8) is 0 Å². The second-order valence-corrected chi connectivity index (χ2v) is 9.05. The number of nitrogens with one attached hydrogen (secondary N) is 2. The van der Waals surface area contributed by atoms with Gasteiger partial charge in [-0.2, -0.15) is 4.31 Å². The van der Waals surface area contributed by atoms with Crippen LogP contribution in [0.1, 0.15) is 34.6 Å². The van der Waals surface area contributed by atoms with Crippen molar-refractivity contribution in [2.45, 2.75) is 31.6 Å². The molecule has 1 fully saturated rings. The number of fused-ring (bicyclic) bond motifs is 1. The van der Waals surface area contributed by atoms with Crippen LogP contribution in [0.3, 0.4) is 0 Å². The summed E-state index contributed by atoms with van der Waals surface area (Å²) < 4.78 is 27.5. The molecule has 6 nitrogen and oxygen atoms in total. The topological polar surface area (TPSA) is 82.3 Å². The Balaban J connectivity index is 1.69. The number of hydrogen-bond donors (Lipinski definition) is 2. The zero-order chi connectivity index (χ0) is 19.9. The summed E-state index contributed by atoms with van der Waals surface area (Å²) in [5, 5.41) is 4.88. The minimum atomic E-state index is -3.60. The number of anilines is 1. The molecule has 1 aliphatic rings. The Kier molecular flexibility index (Phi) is 4.72. The number of aromatic amines is 1. The van der Waals surface area contributed by atoms with Gasteiger partial charge in [0, 0.05) is 29.9 Å². The Labute approximate surface area is 164 Å². The molecule has 146 valence electrons. The molecule has 4 rings (SSSR count). The fourth-order valence-corrected chi connectivity index (χ4v) is 5.85. The fraction of sp³-hybridized carbons (Fsp3) is 0.286. The zero-order valence-corrected chi connectivity index (χ0v) is 16.8. The molecule has 0 atom stereocenters. The first-order valence-electron chi connectivity index (χ1n) is 9.38. The lowest BCUT2D eigenvalue weighted by Gasteiger charge is -2.16. The molecule has 0 unspecified atom stereocenters. The van der Waals surface area contributed by atoms with Crippen molar-refractivity contribution in [2.24, 2.45) is 0 Å². The Hall–Kier alpha value is -2.64. The highest BCUT2D eigenvalue weighted by Gasteiger charge is 2.33. The van der Waals surface area contributed by atoms with Gasteiger partial charge in [0.05, 0.1) is 0 Å². The number of nitrogens with zero attached hydrogens (tertiary/aromatic N) is 1. The molecule has 2 aromatic carbocycles. The summed E-state index contributed by atoms with van der Waals surface area (Å²) in [6, 6.07) is 13.5. The van der Waals surface area contributed by atoms with E-state index in [1.165, 1.54) is 4.31 Å². The van der Waals surface area contributed by atoms with Crippen LogP contribution in [0.4, 0.5) is 5.69 Å². The highest BCUT2D eigenvalue weighted by atomic mass is 32.2. The largest absolute Gasteiger partial charge is 0.353 e. The molecule has 7 heteroatoms. The van der Waals surface area contributed by atoms with Gasteiger partial charge in [0.25, 0.3) is 5.91 Å². The van der Waals surface area contributed by atoms with Crippen LogP contribution < -0.4 is 5.32 Å². The predicted molar refractivity (Wildman–Crippen MR) is 110 cm³/mol. The van der Waals surface area contributed by atoms with Crippen molar-refractivity contribution in [2.75, 3.05) is 18.4 Å². The summed E-state index contributed by atoms with van der Waals surface area (Å²) in [5.74, 6) is -0.347. The van der Waals surface area contributed by atoms with Crippen molar-refractivity contribution in [3.8, 4) is 0 Å². The first-order valence-corrected chi connectivity index (χ1v) is 10.8. The standard InChI is InChI=1S/C21H23N3O3S/c1-14-19(22-15(2)20(14)28(26,27)24-12-5-6-13-24)21(25)23-18-11-7-9-16-8-3-4-10-17(16)18/h3-4,7-11,22H,5-6,12-13H2,1-2H3,(H,23,25). The van der Waals surface area contributed by atoms with Crippen LogP contribution in [-0.2, 0) is 10.0 Å². The summed E-state index contributed by atoms with van der Waals surface area (Å²) in [4.78, 5) is 16.2. The third kappa shape index (κ3) is 3.10. The van der Waals surface area contributed by atoms with Crippen molar-refractivity contribution in [1.82, 2.24) is 9.29 Å². The first-order chi connectivity index (χ1) is 13.4. The van der Waals surface area contributed by atoms with E-state index in [1.54, 1.807) is 13.8 Å². The molecule has 2 heterocycles. The molecule has 0 saturated carbocycles. The summed E-state index contributed by atoms with van der Waals surface area (Å²) in [5.41, 5.74) is 1.93. The Bertz CT molecular complexity index is 1150. The lowest BCUT2D eigenvalue weighted by Crippen LogP contribution is -2.28. The molecule has 3 aromatic rings. The fourth-order valence-electron chi connectivity index (χ4n) is 3.92. The third-order valence-electron chi connectivity index (χ3n) is 5.30. The average Bonchev–Trinajstić information content (AvgIpc) is 3.31. The van der Waals surface area contributed by atoms with Crippen LogP contribution in [0.5, 0.6) is 0 Å². The lowest BCUT2D eigenvalue weighted by molar-refractivity contribution is 0.102. The van der Waals surface area contributed by atoms with Gasteiger partial charge in [0.2, 0.25) is 10.0 Å². The minimum Gasteiger partial charge on any atom is -0.353 e. The van der Waals surface area contributed by atoms with Gasteiger partial charge in [-0.05, 0) is 43.7 Å². The Morgan fingerprint density at radius 2 is 1.71 bits per heavy atom. The molecule has 1 aliphatic heterocycles. The molecule has 0 radical (unpaired) electrons. The zero-order valence-electron chi connectivity index (χ0n) is 16.0. The predicted octanol–water partition coefficient (Wildman–Crippen LogP) is 3.82. The van der Waals surface area contributed by atoms with Crippen molar-refractivity contribution < 1.29 is 13.2 Å². The smallest absolute Gasteiger partial charge is 0.272 e. The van der Waals surface area contributed by atoms with Crippen molar-refractivity contribution in [1.29, 1.82) is 0 Å². The molecule has 1 amide bonds. The third-order valence-corrected chi connectivity index (χ3v) is 7.47. The van der Waals surface area contributed by atoms with Gasteiger partial charge in [-0.25, -0.2) is 8.42 Å². The quantitative estimate of drug-likeness (QED) is 0.702. The van der Waals surface area contributed by atoms with E-state index in [9.17, 15) is 13.2 Å². The van der Waals surface area contributed by atoms with Crippen molar-refractivity contribution in [3.05, 3.63) is 59.4 Å². The highest BCUT2D eigenvalue weighted by Crippen LogP contribution is 2.30. The van der Waals surface area contributed by atoms with Crippen LogP contribution in [0.25, 0.3) is 10.8 Å². The van der Waals surface area contributed by atoms with Crippen LogP contribution >= 0.6 is 0 Å². The molecule has 28 heavy (non-hydrogen) atoms. The van der Waals surface area contributed by atoms with Gasteiger partial charge in [-0.3, -0.25) is 4.79 Å². The van der Waals surface area contributed by atoms with E-state index < -0.39 is 10.0 Å². The molecular formula is C21H23N3O3S. The van der Waals surface area contributed by atoms with E-state index in [0.717, 1.165) is 23.6 Å². The highest BCUT2D eigenvalue weighted by molar-refractivity contribution is 7.89. The lowest BCUT2D eigenvalue weighted by atomic mass is 10.1. The summed E-state index contributed by atoms with van der Waals surface area (Å²) >= 11 is 0. The summed E-state index contributed by atoms with van der Waals surface area (Å²) in [6.45, 7) is 4.45. The summed E-state index contributed by atoms with van der Waals surface area (Å²) in [6.07, 6.45) is 1.74. The maximum Gasteiger partial charge on any atom is 0.272 e. The van der Waals surface area contributed by atoms with Crippen LogP contribution in [0, 0.1) is 13.8 Å². The Morgan fingerprint density at radius 1 is 1.04 bits per heavy atom. The van der Waals surface area contributed by atoms with Gasteiger partial charge in [-0.15, -0.1) is 0 Å². The molecule has 0 spiro atoms. The van der Waals surface area contributed by atoms with Crippen LogP contribution in [0.15, 0.2) is 47.4 Å². The van der Waals surface area contributed by atoms with E-state index in [-0.39, 0.29) is 16.5 Å². The van der Waals surface area contributed by atoms with Gasteiger partial charge in [-0.1, -0.05) is 36.4 Å². The normalized spacial score (nSPS) is 15.2. The second kappa shape index (κ2) is 7.07. The summed E-state index contributed by atoms with van der Waals surface area (Å²) in [7, 11) is -3.60. The number of benzene rings is 2. The van der Waals surface area contributed by atoms with Crippen molar-refractivity contribution >= 4 is 32.4 Å². The number of amides is 1. The maximum atomic E-state index is 13.0. The molecule has 1 saturated heterocycles. The maximum absolute atomic E-state index is 13.0. The number of H-pyrrole nitrogens is 1. The van der Waals surface area contributed by atoms with Gasteiger partial charge in [0.15, 0.2) is 0 Å². The van der Waals surface area contributed by atoms with Crippen LogP contribution in [-0.4, -0.2) is 36.7 Å². The number of rotatable bonds is 4. The number of sulfonamides is 1. The Morgan fingerprint density at radius 3 is 2.46 bits per heavy atom. The van der Waals surface area contributed by atoms with Crippen LogP contribution in [0.2, 0.25) is 0 Å². The monoisotopic (exact) mass is 397 g/mol. The van der Waals surface area contributed by atoms with Gasteiger partial charge in [0.1, 0.15) is 10.6 Å². The average molecular weight is 398 g/mol. The number of carbonyl (C=O) groups excluding carboxylic acids is 1. The molecular weight excluding hydrogens is 374 g/mol. The van der Waals surface area contributed by atoms with E-state index >= 15 is 0 Å². The molecule has 1 aromatic heterocycles. The molecule has 2 N–H and O–H groups in total. The van der Waals surface area contributed by atoms with E-state index in [2.05, 4.69) is 10.3 Å². The van der Waals surface area contributed by atoms with Gasteiger partial charge < -0.3 is 10.3 Å². The first kappa shape index (κ1) is 18.7. The molecule has 0 bridgehead atoms. The molecule has 0 aliphatic carbocycles. The number of aromatic nitrogens is 1. The van der Waals surface area contributed by atoms with E-state index in [1.807, 2.05) is 42.5 Å². The van der Waals surface area contributed by atoms with E-state index in [4.69, 9.17) is 0 Å². The van der Waals surface area contributed by atoms with Gasteiger partial charge >= 0.3 is 0 Å². The number of aryl methyl sites for hydroxylation is 1. The number of carbonyl (C=O) groups is 1. The van der Waals surface area contributed by atoms with E-state index in [0.29, 0.717) is 30.0 Å². The second-order valence-electron chi connectivity index (χ2n) is 7.17. The SMILES string of the molecule is Cc1[nH]c(C(=O)Nc2cccc3ccccc23)c(C)c1S(=O)(=O)N1CCCC1. The number of hydrogen-bond acceptors (Lipinski definition) is 3.